The Bertz CT molecular complexity index is 972. The van der Waals surface area contributed by atoms with E-state index in [1.807, 2.05) is 48.5 Å². The molecule has 1 heterocycles. The first-order chi connectivity index (χ1) is 11.2. The molecular weight excluding hydrogens is 416 g/mol. The summed E-state index contributed by atoms with van der Waals surface area (Å²) in [5.74, 6) is 0.865. The van der Waals surface area contributed by atoms with Crippen LogP contribution in [0.5, 0.6) is 0 Å². The zero-order valence-electron chi connectivity index (χ0n) is 12.1. The van der Waals surface area contributed by atoms with Gasteiger partial charge in [-0.15, -0.1) is 0 Å². The fourth-order valence-electron chi connectivity index (χ4n) is 2.74. The molecule has 0 unspecified atom stereocenters. The van der Waals surface area contributed by atoms with Gasteiger partial charge >= 0.3 is 0 Å². The molecule has 1 N–H and O–H groups in total. The molecule has 0 atom stereocenters. The van der Waals surface area contributed by atoms with Gasteiger partial charge in [-0.3, -0.25) is 0 Å². The van der Waals surface area contributed by atoms with Crippen molar-refractivity contribution < 1.29 is 0 Å². The number of benzene rings is 3. The molecule has 112 valence electrons. The molecule has 0 fully saturated rings. The van der Waals surface area contributed by atoms with E-state index in [9.17, 15) is 0 Å². The molecule has 0 bridgehead atoms. The number of fused-ring (bicyclic) bond motifs is 1. The molecule has 0 saturated heterocycles. The van der Waals surface area contributed by atoms with E-state index in [2.05, 4.69) is 55.0 Å². The molecule has 3 aromatic carbocycles. The molecule has 2 nitrogen and oxygen atoms in total. The first-order valence-corrected chi connectivity index (χ1v) is 8.81. The fourth-order valence-corrected chi connectivity index (χ4v) is 3.79. The maximum atomic E-state index is 4.76. The number of nitrogens with zero attached hydrogens (tertiary/aromatic N) is 1. The van der Waals surface area contributed by atoms with E-state index in [0.29, 0.717) is 0 Å². The Morgan fingerprint density at radius 1 is 0.696 bits per heavy atom. The van der Waals surface area contributed by atoms with E-state index < -0.39 is 0 Å². The highest BCUT2D eigenvalue weighted by Crippen LogP contribution is 2.39. The molecule has 1 aromatic heterocycles. The lowest BCUT2D eigenvalue weighted by molar-refractivity contribution is 1.33. The number of para-hydroxylation sites is 2. The number of nitrogens with one attached hydrogen (secondary N) is 1. The van der Waals surface area contributed by atoms with Gasteiger partial charge in [0, 0.05) is 14.5 Å². The van der Waals surface area contributed by atoms with Crippen LogP contribution in [0.25, 0.3) is 33.5 Å². The van der Waals surface area contributed by atoms with Crippen molar-refractivity contribution in [3.8, 4) is 22.5 Å². The van der Waals surface area contributed by atoms with Gasteiger partial charge in [-0.1, -0.05) is 74.3 Å². The minimum absolute atomic E-state index is 0.865. The molecule has 4 heteroatoms. The number of rotatable bonds is 2. The number of halogens is 2. The molecule has 0 saturated carbocycles. The SMILES string of the molecule is Brc1ccccc1-c1cccc(Br)c1-c1nc2ccccc2[nH]1. The van der Waals surface area contributed by atoms with Crippen molar-refractivity contribution in [3.63, 3.8) is 0 Å². The third kappa shape index (κ3) is 2.62. The fraction of sp³-hybridized carbons (Fsp3) is 0. The summed E-state index contributed by atoms with van der Waals surface area (Å²) in [6.07, 6.45) is 0. The van der Waals surface area contributed by atoms with Gasteiger partial charge in [-0.2, -0.15) is 0 Å². The van der Waals surface area contributed by atoms with Gasteiger partial charge in [0.2, 0.25) is 0 Å². The Hall–Kier alpha value is -1.91. The molecule has 4 aromatic rings. The van der Waals surface area contributed by atoms with Crippen LogP contribution in [-0.4, -0.2) is 9.97 Å². The Morgan fingerprint density at radius 2 is 1.39 bits per heavy atom. The van der Waals surface area contributed by atoms with Gasteiger partial charge in [0.1, 0.15) is 5.82 Å². The lowest BCUT2D eigenvalue weighted by Crippen LogP contribution is -1.89. The summed E-state index contributed by atoms with van der Waals surface area (Å²) in [6, 6.07) is 22.5. The van der Waals surface area contributed by atoms with E-state index in [0.717, 1.165) is 42.5 Å². The van der Waals surface area contributed by atoms with Crippen LogP contribution < -0.4 is 0 Å². The Morgan fingerprint density at radius 3 is 2.22 bits per heavy atom. The molecule has 4 rings (SSSR count). The smallest absolute Gasteiger partial charge is 0.140 e. The second-order valence-electron chi connectivity index (χ2n) is 5.24. The Balaban J connectivity index is 2.00. The lowest BCUT2D eigenvalue weighted by atomic mass is 9.99. The maximum Gasteiger partial charge on any atom is 0.140 e. The summed E-state index contributed by atoms with van der Waals surface area (Å²) in [4.78, 5) is 8.18. The van der Waals surface area contributed by atoms with Crippen LogP contribution in [0.15, 0.2) is 75.7 Å². The van der Waals surface area contributed by atoms with Gasteiger partial charge in [0.15, 0.2) is 0 Å². The van der Waals surface area contributed by atoms with E-state index >= 15 is 0 Å². The normalized spacial score (nSPS) is 11.0. The molecule has 0 amide bonds. The summed E-state index contributed by atoms with van der Waals surface area (Å²) < 4.78 is 2.08. The number of hydrogen-bond acceptors (Lipinski definition) is 1. The minimum atomic E-state index is 0.865. The van der Waals surface area contributed by atoms with Crippen molar-refractivity contribution in [2.24, 2.45) is 0 Å². The molecule has 0 aliphatic carbocycles. The Labute approximate surface area is 150 Å². The molecule has 23 heavy (non-hydrogen) atoms. The number of aromatic amines is 1. The molecular formula is C19H12Br2N2. The third-order valence-corrected chi connectivity index (χ3v) is 5.16. The van der Waals surface area contributed by atoms with Crippen LogP contribution in [0.4, 0.5) is 0 Å². The molecule has 0 aliphatic rings. The van der Waals surface area contributed by atoms with Crippen molar-refractivity contribution in [3.05, 3.63) is 75.7 Å². The average molecular weight is 428 g/mol. The molecule has 0 radical (unpaired) electrons. The predicted octanol–water partition coefficient (Wildman–Crippen LogP) is 6.42. The zero-order chi connectivity index (χ0) is 15.8. The van der Waals surface area contributed by atoms with Crippen LogP contribution in [0.1, 0.15) is 0 Å². The highest BCUT2D eigenvalue weighted by Gasteiger charge is 2.16. The van der Waals surface area contributed by atoms with Crippen molar-refractivity contribution in [2.75, 3.05) is 0 Å². The highest BCUT2D eigenvalue weighted by molar-refractivity contribution is 9.11. The van der Waals surface area contributed by atoms with Crippen LogP contribution in [-0.2, 0) is 0 Å². The predicted molar refractivity (Wildman–Crippen MR) is 102 cm³/mol. The van der Waals surface area contributed by atoms with E-state index in [1.54, 1.807) is 0 Å². The van der Waals surface area contributed by atoms with Crippen LogP contribution in [0.3, 0.4) is 0 Å². The van der Waals surface area contributed by atoms with E-state index in [1.165, 1.54) is 0 Å². The average Bonchev–Trinajstić information content (AvgIpc) is 2.98. The number of H-pyrrole nitrogens is 1. The van der Waals surface area contributed by atoms with Gasteiger partial charge in [-0.25, -0.2) is 4.98 Å². The standard InChI is InChI=1S/C19H12Br2N2/c20-14-8-2-1-6-12(14)13-7-5-9-15(21)18(13)19-22-16-10-3-4-11-17(16)23-19/h1-11H,(H,22,23). The third-order valence-electron chi connectivity index (χ3n) is 3.80. The monoisotopic (exact) mass is 426 g/mol. The quantitative estimate of drug-likeness (QED) is 0.392. The minimum Gasteiger partial charge on any atom is -0.338 e. The van der Waals surface area contributed by atoms with Crippen LogP contribution >= 0.6 is 31.9 Å². The van der Waals surface area contributed by atoms with Crippen molar-refractivity contribution in [1.82, 2.24) is 9.97 Å². The van der Waals surface area contributed by atoms with Crippen LogP contribution in [0, 0.1) is 0 Å². The first kappa shape index (κ1) is 14.7. The van der Waals surface area contributed by atoms with Gasteiger partial charge in [0.05, 0.1) is 11.0 Å². The second-order valence-corrected chi connectivity index (χ2v) is 6.95. The zero-order valence-corrected chi connectivity index (χ0v) is 15.2. The number of aromatic nitrogens is 2. The first-order valence-electron chi connectivity index (χ1n) is 7.22. The summed E-state index contributed by atoms with van der Waals surface area (Å²) in [5, 5.41) is 0. The van der Waals surface area contributed by atoms with E-state index in [-0.39, 0.29) is 0 Å². The topological polar surface area (TPSA) is 28.7 Å². The summed E-state index contributed by atoms with van der Waals surface area (Å²) in [7, 11) is 0. The molecule has 0 spiro atoms. The van der Waals surface area contributed by atoms with Crippen molar-refractivity contribution >= 4 is 42.9 Å². The summed E-state index contributed by atoms with van der Waals surface area (Å²) in [6.45, 7) is 0. The van der Waals surface area contributed by atoms with E-state index in [4.69, 9.17) is 4.98 Å². The summed E-state index contributed by atoms with van der Waals surface area (Å²) >= 11 is 7.34. The van der Waals surface area contributed by atoms with Crippen molar-refractivity contribution in [1.29, 1.82) is 0 Å². The van der Waals surface area contributed by atoms with Gasteiger partial charge < -0.3 is 4.98 Å². The van der Waals surface area contributed by atoms with Gasteiger partial charge in [0.25, 0.3) is 0 Å². The molecule has 0 aliphatic heterocycles. The maximum absolute atomic E-state index is 4.76. The largest absolute Gasteiger partial charge is 0.338 e. The van der Waals surface area contributed by atoms with Crippen molar-refractivity contribution in [2.45, 2.75) is 0 Å². The summed E-state index contributed by atoms with van der Waals surface area (Å²) in [5.41, 5.74) is 5.35. The van der Waals surface area contributed by atoms with Gasteiger partial charge in [-0.05, 0) is 35.4 Å². The lowest BCUT2D eigenvalue weighted by Gasteiger charge is -2.11. The number of hydrogen-bond donors (Lipinski definition) is 1. The Kier molecular flexibility index (Phi) is 3.79. The number of imidazole rings is 1. The van der Waals surface area contributed by atoms with Crippen LogP contribution in [0.2, 0.25) is 0 Å². The second kappa shape index (κ2) is 5.95. The highest BCUT2D eigenvalue weighted by atomic mass is 79.9.